The first-order valence-corrected chi connectivity index (χ1v) is 5.96. The number of nitrogens with zero attached hydrogens (tertiary/aromatic N) is 2. The Morgan fingerprint density at radius 2 is 2.17 bits per heavy atom. The molecule has 2 rings (SSSR count). The van der Waals surface area contributed by atoms with Crippen molar-refractivity contribution in [2.24, 2.45) is 0 Å². The molecule has 18 heavy (non-hydrogen) atoms. The van der Waals surface area contributed by atoms with Gasteiger partial charge in [0.1, 0.15) is 5.82 Å². The van der Waals surface area contributed by atoms with E-state index in [4.69, 9.17) is 17.0 Å². The zero-order valence-electron chi connectivity index (χ0n) is 10.4. The molecule has 0 fully saturated rings. The van der Waals surface area contributed by atoms with Crippen LogP contribution in [0.3, 0.4) is 0 Å². The molecule has 96 valence electrons. The maximum absolute atomic E-state index is 13.4. The average molecular weight is 267 g/mol. The SMILES string of the molecule is COc1cc(-n2c(C(C)C)n[nH]c2=S)ccc1F. The van der Waals surface area contributed by atoms with E-state index in [-0.39, 0.29) is 11.7 Å². The zero-order chi connectivity index (χ0) is 13.3. The molecule has 0 aliphatic heterocycles. The van der Waals surface area contributed by atoms with Gasteiger partial charge in [-0.05, 0) is 24.4 Å². The van der Waals surface area contributed by atoms with Crippen LogP contribution in [0.15, 0.2) is 18.2 Å². The lowest BCUT2D eigenvalue weighted by atomic mass is 10.2. The van der Waals surface area contributed by atoms with Gasteiger partial charge >= 0.3 is 0 Å². The molecular formula is C12H14FN3OS. The van der Waals surface area contributed by atoms with Gasteiger partial charge in [0.15, 0.2) is 16.3 Å². The molecule has 0 saturated heterocycles. The summed E-state index contributed by atoms with van der Waals surface area (Å²) in [5.41, 5.74) is 0.732. The van der Waals surface area contributed by atoms with E-state index in [0.717, 1.165) is 11.5 Å². The van der Waals surface area contributed by atoms with Gasteiger partial charge in [0.25, 0.3) is 0 Å². The Bertz CT molecular complexity index is 618. The first-order valence-electron chi connectivity index (χ1n) is 5.55. The van der Waals surface area contributed by atoms with E-state index < -0.39 is 5.82 Å². The smallest absolute Gasteiger partial charge is 0.199 e. The minimum absolute atomic E-state index is 0.185. The van der Waals surface area contributed by atoms with Crippen LogP contribution in [0, 0.1) is 10.6 Å². The minimum atomic E-state index is -0.401. The second kappa shape index (κ2) is 4.89. The van der Waals surface area contributed by atoms with Gasteiger partial charge in [-0.15, -0.1) is 0 Å². The van der Waals surface area contributed by atoms with E-state index in [1.54, 1.807) is 16.7 Å². The number of halogens is 1. The highest BCUT2D eigenvalue weighted by Gasteiger charge is 2.13. The molecule has 1 N–H and O–H groups in total. The van der Waals surface area contributed by atoms with Gasteiger partial charge < -0.3 is 4.74 Å². The molecule has 6 heteroatoms. The molecule has 1 heterocycles. The molecule has 2 aromatic rings. The number of methoxy groups -OCH3 is 1. The molecule has 0 aliphatic rings. The highest BCUT2D eigenvalue weighted by molar-refractivity contribution is 7.71. The highest BCUT2D eigenvalue weighted by Crippen LogP contribution is 2.23. The summed E-state index contributed by atoms with van der Waals surface area (Å²) in [6.07, 6.45) is 0. The number of hydrogen-bond donors (Lipinski definition) is 1. The molecular weight excluding hydrogens is 253 g/mol. The molecule has 0 unspecified atom stereocenters. The average Bonchev–Trinajstić information content (AvgIpc) is 2.72. The van der Waals surface area contributed by atoms with Crippen molar-refractivity contribution in [1.29, 1.82) is 0 Å². The van der Waals surface area contributed by atoms with Crippen molar-refractivity contribution < 1.29 is 9.13 Å². The number of hydrogen-bond acceptors (Lipinski definition) is 3. The molecule has 0 saturated carbocycles. The molecule has 4 nitrogen and oxygen atoms in total. The standard InChI is InChI=1S/C12H14FN3OS/c1-7(2)11-14-15-12(18)16(11)8-4-5-9(13)10(6-8)17-3/h4-7H,1-3H3,(H,15,18). The Morgan fingerprint density at radius 3 is 2.78 bits per heavy atom. The first kappa shape index (κ1) is 12.8. The zero-order valence-corrected chi connectivity index (χ0v) is 11.2. The van der Waals surface area contributed by atoms with Crippen LogP contribution in [-0.4, -0.2) is 21.9 Å². The van der Waals surface area contributed by atoms with Crippen molar-refractivity contribution >= 4 is 12.2 Å². The van der Waals surface area contributed by atoms with Crippen molar-refractivity contribution in [3.8, 4) is 11.4 Å². The number of H-pyrrole nitrogens is 1. The summed E-state index contributed by atoms with van der Waals surface area (Å²) in [4.78, 5) is 0. The predicted molar refractivity (Wildman–Crippen MR) is 69.3 cm³/mol. The summed E-state index contributed by atoms with van der Waals surface area (Å²) in [6, 6.07) is 4.61. The fourth-order valence-corrected chi connectivity index (χ4v) is 1.98. The van der Waals surface area contributed by atoms with Crippen LogP contribution in [0.1, 0.15) is 25.6 Å². The minimum Gasteiger partial charge on any atom is -0.494 e. The summed E-state index contributed by atoms with van der Waals surface area (Å²) in [7, 11) is 1.43. The van der Waals surface area contributed by atoms with Crippen LogP contribution in [-0.2, 0) is 0 Å². The maximum Gasteiger partial charge on any atom is 0.199 e. The van der Waals surface area contributed by atoms with Crippen molar-refractivity contribution in [2.75, 3.05) is 7.11 Å². The fourth-order valence-electron chi connectivity index (χ4n) is 1.73. The van der Waals surface area contributed by atoms with Crippen LogP contribution >= 0.6 is 12.2 Å². The van der Waals surface area contributed by atoms with Crippen LogP contribution < -0.4 is 4.74 Å². The third-order valence-electron chi connectivity index (χ3n) is 2.61. The third-order valence-corrected chi connectivity index (χ3v) is 2.88. The fraction of sp³-hybridized carbons (Fsp3) is 0.333. The molecule has 0 bridgehead atoms. The Hall–Kier alpha value is -1.69. The second-order valence-electron chi connectivity index (χ2n) is 4.20. The summed E-state index contributed by atoms with van der Waals surface area (Å²) in [5, 5.41) is 6.93. The van der Waals surface area contributed by atoms with Crippen LogP contribution in [0.4, 0.5) is 4.39 Å². The Labute approximate surface area is 109 Å². The lowest BCUT2D eigenvalue weighted by Gasteiger charge is -2.10. The van der Waals surface area contributed by atoms with E-state index in [2.05, 4.69) is 10.2 Å². The number of nitrogens with one attached hydrogen (secondary N) is 1. The Morgan fingerprint density at radius 1 is 1.44 bits per heavy atom. The van der Waals surface area contributed by atoms with Gasteiger partial charge in [-0.1, -0.05) is 13.8 Å². The van der Waals surface area contributed by atoms with E-state index in [1.165, 1.54) is 13.2 Å². The largest absolute Gasteiger partial charge is 0.494 e. The molecule has 0 amide bonds. The van der Waals surface area contributed by atoms with Crippen molar-refractivity contribution in [2.45, 2.75) is 19.8 Å². The van der Waals surface area contributed by atoms with Gasteiger partial charge in [0, 0.05) is 12.0 Å². The monoisotopic (exact) mass is 267 g/mol. The summed E-state index contributed by atoms with van der Waals surface area (Å²) in [5.74, 6) is 0.787. The van der Waals surface area contributed by atoms with Crippen molar-refractivity contribution in [1.82, 2.24) is 14.8 Å². The predicted octanol–water partition coefficient (Wildman–Crippen LogP) is 3.20. The maximum atomic E-state index is 13.4. The van der Waals surface area contributed by atoms with Crippen molar-refractivity contribution in [3.05, 3.63) is 34.6 Å². The molecule has 1 aromatic carbocycles. The third kappa shape index (κ3) is 2.15. The molecule has 0 spiro atoms. The number of rotatable bonds is 3. The second-order valence-corrected chi connectivity index (χ2v) is 4.58. The van der Waals surface area contributed by atoms with Gasteiger partial charge in [-0.25, -0.2) is 4.39 Å². The topological polar surface area (TPSA) is 42.8 Å². The summed E-state index contributed by atoms with van der Waals surface area (Å²) >= 11 is 5.20. The van der Waals surface area contributed by atoms with E-state index in [9.17, 15) is 4.39 Å². The normalized spacial score (nSPS) is 10.9. The molecule has 0 atom stereocenters. The molecule has 0 aliphatic carbocycles. The Balaban J connectivity index is 2.62. The van der Waals surface area contributed by atoms with Gasteiger partial charge in [-0.2, -0.15) is 5.10 Å². The van der Waals surface area contributed by atoms with Crippen LogP contribution in [0.2, 0.25) is 0 Å². The quantitative estimate of drug-likeness (QED) is 0.868. The summed E-state index contributed by atoms with van der Waals surface area (Å²) in [6.45, 7) is 4.03. The van der Waals surface area contributed by atoms with E-state index >= 15 is 0 Å². The van der Waals surface area contributed by atoms with E-state index in [0.29, 0.717) is 4.77 Å². The van der Waals surface area contributed by atoms with Crippen LogP contribution in [0.25, 0.3) is 5.69 Å². The van der Waals surface area contributed by atoms with Gasteiger partial charge in [0.2, 0.25) is 0 Å². The molecule has 1 aromatic heterocycles. The lowest BCUT2D eigenvalue weighted by Crippen LogP contribution is -2.04. The van der Waals surface area contributed by atoms with Crippen molar-refractivity contribution in [3.63, 3.8) is 0 Å². The van der Waals surface area contributed by atoms with Gasteiger partial charge in [-0.3, -0.25) is 9.67 Å². The number of benzene rings is 1. The number of ether oxygens (including phenoxy) is 1. The lowest BCUT2D eigenvalue weighted by molar-refractivity contribution is 0.386. The number of aromatic amines is 1. The van der Waals surface area contributed by atoms with Crippen LogP contribution in [0.5, 0.6) is 5.75 Å². The number of aromatic nitrogens is 3. The molecule has 0 radical (unpaired) electrons. The highest BCUT2D eigenvalue weighted by atomic mass is 32.1. The van der Waals surface area contributed by atoms with Gasteiger partial charge in [0.05, 0.1) is 12.8 Å². The first-order chi connectivity index (χ1) is 8.54. The summed E-state index contributed by atoms with van der Waals surface area (Å²) < 4.78 is 20.6. The van der Waals surface area contributed by atoms with E-state index in [1.807, 2.05) is 13.8 Å². The Kier molecular flexibility index (Phi) is 3.47.